The first-order chi connectivity index (χ1) is 9.34. The number of aromatic nitrogens is 1. The van der Waals surface area contributed by atoms with E-state index in [1.165, 1.54) is 4.57 Å². The van der Waals surface area contributed by atoms with Gasteiger partial charge in [-0.15, -0.1) is 0 Å². The number of rotatable bonds is 4. The first kappa shape index (κ1) is 14.8. The van der Waals surface area contributed by atoms with Crippen LogP contribution in [0.2, 0.25) is 0 Å². The van der Waals surface area contributed by atoms with Crippen LogP contribution in [0.3, 0.4) is 0 Å². The molecule has 1 aliphatic carbocycles. The Morgan fingerprint density at radius 1 is 1.60 bits per heavy atom. The molecule has 2 N–H and O–H groups in total. The minimum absolute atomic E-state index is 0.0552. The second kappa shape index (κ2) is 5.40. The van der Waals surface area contributed by atoms with Crippen molar-refractivity contribution in [3.8, 4) is 0 Å². The van der Waals surface area contributed by atoms with Gasteiger partial charge in [0.1, 0.15) is 6.54 Å². The number of nitrogens with one attached hydrogen (secondary N) is 1. The second-order valence-corrected chi connectivity index (χ2v) is 6.28. The third-order valence-electron chi connectivity index (χ3n) is 4.06. The third kappa shape index (κ3) is 2.63. The van der Waals surface area contributed by atoms with Gasteiger partial charge >= 0.3 is 10.8 Å². The highest BCUT2D eigenvalue weighted by Gasteiger charge is 2.45. The predicted molar refractivity (Wildman–Crippen MR) is 74.8 cm³/mol. The Hall–Kier alpha value is -1.63. The van der Waals surface area contributed by atoms with E-state index in [1.54, 1.807) is 19.2 Å². The molecule has 1 saturated carbocycles. The minimum Gasteiger partial charge on any atom is -0.481 e. The summed E-state index contributed by atoms with van der Waals surface area (Å²) in [5.41, 5.74) is -0.174. The third-order valence-corrected chi connectivity index (χ3v) is 4.94. The van der Waals surface area contributed by atoms with Gasteiger partial charge < -0.3 is 10.4 Å². The van der Waals surface area contributed by atoms with E-state index >= 15 is 0 Å². The highest BCUT2D eigenvalue weighted by Crippen LogP contribution is 2.38. The number of amides is 1. The summed E-state index contributed by atoms with van der Waals surface area (Å²) in [4.78, 5) is 34.7. The molecule has 7 heteroatoms. The molecule has 1 amide bonds. The monoisotopic (exact) mass is 298 g/mol. The molecule has 110 valence electrons. The number of carbonyl (C=O) groups excluding carboxylic acids is 1. The molecule has 1 fully saturated rings. The lowest BCUT2D eigenvalue weighted by atomic mass is 9.85. The molecule has 0 bridgehead atoms. The van der Waals surface area contributed by atoms with Gasteiger partial charge in [0, 0.05) is 17.1 Å². The van der Waals surface area contributed by atoms with Gasteiger partial charge in [-0.3, -0.25) is 19.0 Å². The summed E-state index contributed by atoms with van der Waals surface area (Å²) >= 11 is 1.05. The van der Waals surface area contributed by atoms with Gasteiger partial charge in [-0.05, 0) is 26.7 Å². The average molecular weight is 298 g/mol. The molecule has 0 saturated heterocycles. The zero-order valence-electron chi connectivity index (χ0n) is 11.5. The fourth-order valence-corrected chi connectivity index (χ4v) is 3.37. The van der Waals surface area contributed by atoms with Gasteiger partial charge in [-0.1, -0.05) is 17.8 Å². The van der Waals surface area contributed by atoms with E-state index in [0.29, 0.717) is 12.8 Å². The van der Waals surface area contributed by atoms with Crippen molar-refractivity contribution in [1.29, 1.82) is 0 Å². The lowest BCUT2D eigenvalue weighted by Crippen LogP contribution is -2.48. The average Bonchev–Trinajstić information content (AvgIpc) is 2.88. The quantitative estimate of drug-likeness (QED) is 0.867. The van der Waals surface area contributed by atoms with Gasteiger partial charge in [0.2, 0.25) is 5.91 Å². The fourth-order valence-electron chi connectivity index (χ4n) is 2.63. The second-order valence-electron chi connectivity index (χ2n) is 5.46. The minimum atomic E-state index is -0.912. The number of nitrogens with zero attached hydrogens (tertiary/aromatic N) is 1. The van der Waals surface area contributed by atoms with E-state index < -0.39 is 11.4 Å². The molecule has 0 aliphatic heterocycles. The van der Waals surface area contributed by atoms with Crippen molar-refractivity contribution in [2.75, 3.05) is 0 Å². The molecule has 1 aromatic heterocycles. The van der Waals surface area contributed by atoms with Crippen LogP contribution in [-0.4, -0.2) is 27.6 Å². The molecule has 20 heavy (non-hydrogen) atoms. The Bertz CT molecular complexity index is 591. The fraction of sp³-hybridized carbons (Fsp3) is 0.615. The van der Waals surface area contributed by atoms with Crippen LogP contribution in [-0.2, 0) is 16.1 Å². The van der Waals surface area contributed by atoms with Gasteiger partial charge in [0.05, 0.1) is 5.41 Å². The molecule has 1 aliphatic rings. The molecule has 0 aromatic carbocycles. The number of hydrogen-bond donors (Lipinski definition) is 2. The molecule has 2 unspecified atom stereocenters. The first-order valence-corrected chi connectivity index (χ1v) is 7.40. The largest absolute Gasteiger partial charge is 0.481 e. The Morgan fingerprint density at radius 2 is 2.30 bits per heavy atom. The maximum Gasteiger partial charge on any atom is 0.311 e. The van der Waals surface area contributed by atoms with Crippen LogP contribution in [0.4, 0.5) is 0 Å². The zero-order valence-corrected chi connectivity index (χ0v) is 12.3. The van der Waals surface area contributed by atoms with E-state index in [4.69, 9.17) is 0 Å². The number of aliphatic carboxylic acids is 1. The van der Waals surface area contributed by atoms with E-state index in [0.717, 1.165) is 23.5 Å². The maximum atomic E-state index is 12.0. The van der Waals surface area contributed by atoms with Gasteiger partial charge in [0.15, 0.2) is 0 Å². The molecule has 6 nitrogen and oxygen atoms in total. The number of carboxylic acids is 1. The summed E-state index contributed by atoms with van der Waals surface area (Å²) in [6.07, 6.45) is 2.00. The van der Waals surface area contributed by atoms with Crippen molar-refractivity contribution in [2.24, 2.45) is 5.41 Å². The molecule has 0 radical (unpaired) electrons. The van der Waals surface area contributed by atoms with Crippen molar-refractivity contribution in [3.05, 3.63) is 20.7 Å². The van der Waals surface area contributed by atoms with Crippen molar-refractivity contribution >= 4 is 23.2 Å². The summed E-state index contributed by atoms with van der Waals surface area (Å²) in [5, 5.41) is 13.8. The molecular formula is C13H18N2O4S. The van der Waals surface area contributed by atoms with Crippen LogP contribution in [0.15, 0.2) is 10.2 Å². The molecule has 2 rings (SSSR count). The lowest BCUT2D eigenvalue weighted by molar-refractivity contribution is -0.149. The van der Waals surface area contributed by atoms with E-state index in [9.17, 15) is 19.5 Å². The Balaban J connectivity index is 2.05. The zero-order chi connectivity index (χ0) is 14.9. The van der Waals surface area contributed by atoms with Crippen LogP contribution in [0.5, 0.6) is 0 Å². The summed E-state index contributed by atoms with van der Waals surface area (Å²) in [5.74, 6) is -1.20. The molecular weight excluding hydrogens is 280 g/mol. The molecule has 1 heterocycles. The van der Waals surface area contributed by atoms with E-state index in [1.807, 2.05) is 0 Å². The molecule has 0 spiro atoms. The topological polar surface area (TPSA) is 88.4 Å². The Labute approximate surface area is 120 Å². The predicted octanol–water partition coefficient (Wildman–Crippen LogP) is 0.978. The molecule has 1 aromatic rings. The number of thiazole rings is 1. The summed E-state index contributed by atoms with van der Waals surface area (Å²) in [6, 6.07) is -0.373. The Morgan fingerprint density at radius 3 is 2.85 bits per heavy atom. The summed E-state index contributed by atoms with van der Waals surface area (Å²) in [7, 11) is 0. The standard InChI is InChI=1S/C13H18N2O4S/c1-8-7-20-12(19)15(8)6-10(16)14-9-4-3-5-13(9,2)11(17)18/h7,9H,3-6H2,1-2H3,(H,14,16)(H,17,18). The number of carbonyl (C=O) groups is 2. The van der Waals surface area contributed by atoms with Crippen LogP contribution in [0.25, 0.3) is 0 Å². The smallest absolute Gasteiger partial charge is 0.311 e. The van der Waals surface area contributed by atoms with E-state index in [-0.39, 0.29) is 23.4 Å². The highest BCUT2D eigenvalue weighted by atomic mass is 32.1. The van der Waals surface area contributed by atoms with Crippen LogP contribution in [0.1, 0.15) is 31.9 Å². The van der Waals surface area contributed by atoms with Crippen LogP contribution in [0, 0.1) is 12.3 Å². The molecule has 2 atom stereocenters. The SMILES string of the molecule is Cc1csc(=O)n1CC(=O)NC1CCCC1(C)C(=O)O. The van der Waals surface area contributed by atoms with Crippen molar-refractivity contribution in [2.45, 2.75) is 45.7 Å². The van der Waals surface area contributed by atoms with E-state index in [2.05, 4.69) is 5.32 Å². The normalized spacial score (nSPS) is 25.6. The first-order valence-electron chi connectivity index (χ1n) is 6.52. The van der Waals surface area contributed by atoms with Gasteiger partial charge in [-0.2, -0.15) is 0 Å². The van der Waals surface area contributed by atoms with Crippen molar-refractivity contribution in [3.63, 3.8) is 0 Å². The number of aryl methyl sites for hydroxylation is 1. The number of carboxylic acid groups (broad SMARTS) is 1. The number of hydrogen-bond acceptors (Lipinski definition) is 4. The van der Waals surface area contributed by atoms with Gasteiger partial charge in [-0.25, -0.2) is 0 Å². The summed E-state index contributed by atoms with van der Waals surface area (Å²) in [6.45, 7) is 3.37. The highest BCUT2D eigenvalue weighted by molar-refractivity contribution is 7.07. The lowest BCUT2D eigenvalue weighted by Gasteiger charge is -2.27. The maximum absolute atomic E-state index is 12.0. The van der Waals surface area contributed by atoms with Crippen molar-refractivity contribution in [1.82, 2.24) is 9.88 Å². The Kier molecular flexibility index (Phi) is 3.99. The summed E-state index contributed by atoms with van der Waals surface area (Å²) < 4.78 is 1.40. The van der Waals surface area contributed by atoms with Crippen LogP contribution < -0.4 is 10.2 Å². The van der Waals surface area contributed by atoms with Crippen LogP contribution >= 0.6 is 11.3 Å². The van der Waals surface area contributed by atoms with Gasteiger partial charge in [0.25, 0.3) is 0 Å². The van der Waals surface area contributed by atoms with Crippen molar-refractivity contribution < 1.29 is 14.7 Å².